The van der Waals surface area contributed by atoms with Crippen molar-refractivity contribution in [3.63, 3.8) is 0 Å². The molecule has 3 rings (SSSR count). The van der Waals surface area contributed by atoms with Gasteiger partial charge in [-0.2, -0.15) is 5.10 Å². The van der Waals surface area contributed by atoms with Gasteiger partial charge in [0.05, 0.1) is 12.7 Å². The number of nitrogens with zero attached hydrogens (tertiary/aromatic N) is 3. The molecule has 0 atom stereocenters. The molecule has 2 N–H and O–H groups in total. The van der Waals surface area contributed by atoms with Crippen molar-refractivity contribution in [3.8, 4) is 0 Å². The molecule has 6 heteroatoms. The largest absolute Gasteiger partial charge is 0.310 e. The molecule has 0 radical (unpaired) electrons. The molecule has 2 heterocycles. The summed E-state index contributed by atoms with van der Waals surface area (Å²) in [6, 6.07) is 0. The van der Waals surface area contributed by atoms with Gasteiger partial charge in [0.25, 0.3) is 5.56 Å². The zero-order valence-electron chi connectivity index (χ0n) is 9.73. The Morgan fingerprint density at radius 2 is 2.41 bits per heavy atom. The number of aryl methyl sites for hydroxylation is 1. The Morgan fingerprint density at radius 1 is 1.59 bits per heavy atom. The molecule has 2 aromatic rings. The maximum absolute atomic E-state index is 11.8. The van der Waals surface area contributed by atoms with Crippen molar-refractivity contribution in [3.05, 3.63) is 22.4 Å². The van der Waals surface area contributed by atoms with E-state index in [1.807, 2.05) is 0 Å². The summed E-state index contributed by atoms with van der Waals surface area (Å²) in [5.74, 6) is 1.50. The molecule has 6 nitrogen and oxygen atoms in total. The molecule has 0 aliphatic heterocycles. The van der Waals surface area contributed by atoms with Crippen molar-refractivity contribution >= 4 is 11.0 Å². The number of hydrogen-bond donors (Lipinski definition) is 2. The quantitative estimate of drug-likeness (QED) is 0.788. The fraction of sp³-hybridized carbons (Fsp3) is 0.545. The van der Waals surface area contributed by atoms with E-state index in [1.165, 1.54) is 12.8 Å². The third-order valence-electron chi connectivity index (χ3n) is 3.07. The maximum atomic E-state index is 11.8. The fourth-order valence-corrected chi connectivity index (χ4v) is 1.94. The molecule has 0 aromatic carbocycles. The molecule has 2 aromatic heterocycles. The predicted octanol–water partition coefficient (Wildman–Crippen LogP) is 0.156. The van der Waals surface area contributed by atoms with E-state index in [0.29, 0.717) is 23.4 Å². The van der Waals surface area contributed by atoms with Crippen LogP contribution >= 0.6 is 0 Å². The average molecular weight is 233 g/mol. The number of hydrogen-bond acceptors (Lipinski definition) is 4. The molecule has 0 spiro atoms. The number of fused-ring (bicyclic) bond motifs is 1. The lowest BCUT2D eigenvalue weighted by Crippen LogP contribution is -2.21. The molecule has 17 heavy (non-hydrogen) atoms. The highest BCUT2D eigenvalue weighted by atomic mass is 16.1. The summed E-state index contributed by atoms with van der Waals surface area (Å²) in [5, 5.41) is 7.33. The third-order valence-corrected chi connectivity index (χ3v) is 3.07. The first-order valence-electron chi connectivity index (χ1n) is 5.85. The van der Waals surface area contributed by atoms with E-state index in [4.69, 9.17) is 0 Å². The van der Waals surface area contributed by atoms with E-state index in [9.17, 15) is 4.79 Å². The van der Waals surface area contributed by atoms with Gasteiger partial charge in [0, 0.05) is 7.05 Å². The van der Waals surface area contributed by atoms with Crippen molar-refractivity contribution in [2.24, 2.45) is 13.0 Å². The lowest BCUT2D eigenvalue weighted by molar-refractivity contribution is 0.619. The lowest BCUT2D eigenvalue weighted by atomic mass is 10.4. The van der Waals surface area contributed by atoms with Crippen molar-refractivity contribution in [1.29, 1.82) is 0 Å². The Bertz CT molecular complexity index is 595. The van der Waals surface area contributed by atoms with E-state index in [0.717, 1.165) is 12.5 Å². The van der Waals surface area contributed by atoms with Crippen LogP contribution in [0.3, 0.4) is 0 Å². The van der Waals surface area contributed by atoms with Crippen molar-refractivity contribution in [2.45, 2.75) is 19.4 Å². The van der Waals surface area contributed by atoms with Gasteiger partial charge in [0.15, 0.2) is 5.52 Å². The zero-order valence-corrected chi connectivity index (χ0v) is 9.73. The van der Waals surface area contributed by atoms with Gasteiger partial charge < -0.3 is 10.3 Å². The number of H-pyrrole nitrogens is 1. The normalized spacial score (nSPS) is 15.6. The summed E-state index contributed by atoms with van der Waals surface area (Å²) >= 11 is 0. The van der Waals surface area contributed by atoms with Gasteiger partial charge in [0.1, 0.15) is 11.3 Å². The summed E-state index contributed by atoms with van der Waals surface area (Å²) in [6.07, 6.45) is 4.26. The van der Waals surface area contributed by atoms with Crippen LogP contribution in [0, 0.1) is 5.92 Å². The molecule has 1 fully saturated rings. The van der Waals surface area contributed by atoms with Crippen LogP contribution in [-0.4, -0.2) is 26.3 Å². The molecule has 0 saturated heterocycles. The third kappa shape index (κ3) is 2.08. The van der Waals surface area contributed by atoms with E-state index >= 15 is 0 Å². The average Bonchev–Trinajstić information content (AvgIpc) is 3.03. The summed E-state index contributed by atoms with van der Waals surface area (Å²) in [6.45, 7) is 1.62. The van der Waals surface area contributed by atoms with Crippen LogP contribution in [-0.2, 0) is 13.6 Å². The van der Waals surface area contributed by atoms with Gasteiger partial charge in [0.2, 0.25) is 0 Å². The SMILES string of the molecule is Cn1ncc2nc(CNCC3CC3)[nH]c(=O)c21. The second kappa shape index (κ2) is 3.96. The highest BCUT2D eigenvalue weighted by Crippen LogP contribution is 2.27. The molecule has 0 unspecified atom stereocenters. The summed E-state index contributed by atoms with van der Waals surface area (Å²) < 4.78 is 1.54. The Morgan fingerprint density at radius 3 is 3.18 bits per heavy atom. The van der Waals surface area contributed by atoms with Gasteiger partial charge in [-0.1, -0.05) is 0 Å². The van der Waals surface area contributed by atoms with Crippen LogP contribution < -0.4 is 10.9 Å². The Kier molecular flexibility index (Phi) is 2.44. The molecular weight excluding hydrogens is 218 g/mol. The molecular formula is C11H15N5O. The van der Waals surface area contributed by atoms with Gasteiger partial charge in [-0.3, -0.25) is 9.48 Å². The van der Waals surface area contributed by atoms with Crippen LogP contribution in [0.25, 0.3) is 11.0 Å². The van der Waals surface area contributed by atoms with Crippen LogP contribution in [0.2, 0.25) is 0 Å². The Labute approximate surface area is 98.1 Å². The van der Waals surface area contributed by atoms with Crippen molar-refractivity contribution < 1.29 is 0 Å². The highest BCUT2D eigenvalue weighted by molar-refractivity contribution is 5.72. The van der Waals surface area contributed by atoms with Crippen molar-refractivity contribution in [2.75, 3.05) is 6.54 Å². The molecule has 1 aliphatic rings. The van der Waals surface area contributed by atoms with E-state index in [2.05, 4.69) is 20.4 Å². The standard InChI is InChI=1S/C11H15N5O/c1-16-10-8(5-13-16)14-9(15-11(10)17)6-12-4-7-2-3-7/h5,7,12H,2-4,6H2,1H3,(H,14,15,17). The summed E-state index contributed by atoms with van der Waals surface area (Å²) in [4.78, 5) is 19.0. The monoisotopic (exact) mass is 233 g/mol. The zero-order chi connectivity index (χ0) is 11.8. The molecule has 1 saturated carbocycles. The first-order valence-corrected chi connectivity index (χ1v) is 5.85. The smallest absolute Gasteiger partial charge is 0.277 e. The molecule has 0 bridgehead atoms. The van der Waals surface area contributed by atoms with Gasteiger partial charge in [-0.25, -0.2) is 4.98 Å². The Balaban J connectivity index is 1.82. The number of rotatable bonds is 4. The summed E-state index contributed by atoms with van der Waals surface area (Å²) in [5.41, 5.74) is 1.05. The van der Waals surface area contributed by atoms with Crippen LogP contribution in [0.5, 0.6) is 0 Å². The lowest BCUT2D eigenvalue weighted by Gasteiger charge is -2.03. The van der Waals surface area contributed by atoms with Gasteiger partial charge in [-0.05, 0) is 25.3 Å². The number of aromatic nitrogens is 4. The number of nitrogens with one attached hydrogen (secondary N) is 2. The van der Waals surface area contributed by atoms with Crippen LogP contribution in [0.1, 0.15) is 18.7 Å². The molecule has 1 aliphatic carbocycles. The van der Waals surface area contributed by atoms with Gasteiger partial charge >= 0.3 is 0 Å². The topological polar surface area (TPSA) is 75.6 Å². The van der Waals surface area contributed by atoms with Gasteiger partial charge in [-0.15, -0.1) is 0 Å². The molecule has 90 valence electrons. The van der Waals surface area contributed by atoms with E-state index in [1.54, 1.807) is 17.9 Å². The predicted molar refractivity (Wildman–Crippen MR) is 63.6 cm³/mol. The fourth-order valence-electron chi connectivity index (χ4n) is 1.94. The maximum Gasteiger partial charge on any atom is 0.277 e. The van der Waals surface area contributed by atoms with E-state index in [-0.39, 0.29) is 5.56 Å². The minimum absolute atomic E-state index is 0.127. The van der Waals surface area contributed by atoms with Crippen LogP contribution in [0.4, 0.5) is 0 Å². The number of aromatic amines is 1. The first kappa shape index (κ1) is 10.5. The molecule has 0 amide bonds. The summed E-state index contributed by atoms with van der Waals surface area (Å²) in [7, 11) is 1.74. The second-order valence-electron chi connectivity index (χ2n) is 4.59. The Hall–Kier alpha value is -1.69. The minimum Gasteiger partial charge on any atom is -0.310 e. The second-order valence-corrected chi connectivity index (χ2v) is 4.59. The first-order chi connectivity index (χ1) is 8.24. The minimum atomic E-state index is -0.127. The van der Waals surface area contributed by atoms with E-state index < -0.39 is 0 Å². The van der Waals surface area contributed by atoms with Crippen molar-refractivity contribution in [1.82, 2.24) is 25.1 Å². The highest BCUT2D eigenvalue weighted by Gasteiger charge is 2.20. The van der Waals surface area contributed by atoms with Crippen LogP contribution in [0.15, 0.2) is 11.0 Å².